The maximum absolute atomic E-state index is 2.30. The van der Waals surface area contributed by atoms with Gasteiger partial charge < -0.3 is 0 Å². The molecule has 0 aromatic heterocycles. The molecule has 1 heteroatoms. The third-order valence-corrected chi connectivity index (χ3v) is 2.34. The quantitative estimate of drug-likeness (QED) is 0.542. The van der Waals surface area contributed by atoms with Crippen LogP contribution in [0.25, 0.3) is 6.08 Å². The van der Waals surface area contributed by atoms with Crippen molar-refractivity contribution in [2.75, 3.05) is 0 Å². The molecule has 2 rings (SSSR count). The summed E-state index contributed by atoms with van der Waals surface area (Å²) in [5.74, 6) is 0.672. The summed E-state index contributed by atoms with van der Waals surface area (Å²) in [5, 5.41) is 0. The van der Waals surface area contributed by atoms with Gasteiger partial charge in [0.1, 0.15) is 0 Å². The first-order valence-corrected chi connectivity index (χ1v) is 4.19. The van der Waals surface area contributed by atoms with Crippen LogP contribution < -0.4 is 0 Å². The second kappa shape index (κ2) is 3.98. The van der Waals surface area contributed by atoms with E-state index >= 15 is 0 Å². The van der Waals surface area contributed by atoms with E-state index in [9.17, 15) is 0 Å². The normalized spacial score (nSPS) is 18.6. The number of hydrogen-bond donors (Lipinski definition) is 0. The number of allylic oxidation sites excluding steroid dienone is 1. The SMILES string of the molecule is CCC1C=Cc2ccccc21.[LiH]. The molecule has 0 saturated carbocycles. The molecular weight excluding hydrogens is 139 g/mol. The van der Waals surface area contributed by atoms with Crippen LogP contribution in [-0.4, -0.2) is 18.9 Å². The van der Waals surface area contributed by atoms with Crippen LogP contribution in [0, 0.1) is 0 Å². The van der Waals surface area contributed by atoms with Gasteiger partial charge in [-0.15, -0.1) is 0 Å². The molecule has 0 saturated heterocycles. The van der Waals surface area contributed by atoms with E-state index in [0.29, 0.717) is 5.92 Å². The van der Waals surface area contributed by atoms with E-state index in [1.54, 1.807) is 0 Å². The van der Waals surface area contributed by atoms with Crippen molar-refractivity contribution in [1.29, 1.82) is 0 Å². The fraction of sp³-hybridized carbons (Fsp3) is 0.273. The zero-order valence-electron chi connectivity index (χ0n) is 6.75. The Kier molecular flexibility index (Phi) is 3.20. The van der Waals surface area contributed by atoms with Gasteiger partial charge in [0.05, 0.1) is 0 Å². The van der Waals surface area contributed by atoms with Gasteiger partial charge in [0.2, 0.25) is 0 Å². The summed E-state index contributed by atoms with van der Waals surface area (Å²) < 4.78 is 0. The first kappa shape index (κ1) is 9.64. The van der Waals surface area contributed by atoms with Crippen molar-refractivity contribution in [2.24, 2.45) is 0 Å². The third-order valence-electron chi connectivity index (χ3n) is 2.34. The molecule has 0 aliphatic heterocycles. The molecule has 1 aliphatic carbocycles. The number of fused-ring (bicyclic) bond motifs is 1. The molecule has 0 nitrogen and oxygen atoms in total. The summed E-state index contributed by atoms with van der Waals surface area (Å²) in [4.78, 5) is 0. The first-order valence-electron chi connectivity index (χ1n) is 4.19. The van der Waals surface area contributed by atoms with E-state index < -0.39 is 0 Å². The fourth-order valence-corrected chi connectivity index (χ4v) is 1.68. The van der Waals surface area contributed by atoms with Crippen molar-refractivity contribution in [2.45, 2.75) is 19.3 Å². The Labute approximate surface area is 85.9 Å². The van der Waals surface area contributed by atoms with Crippen molar-refractivity contribution < 1.29 is 0 Å². The standard InChI is InChI=1S/C11H12.Li.H/c1-2-9-7-8-10-5-3-4-6-11(9)10;;/h3-9H,2H2,1H3;;. The van der Waals surface area contributed by atoms with Crippen LogP contribution >= 0.6 is 0 Å². The van der Waals surface area contributed by atoms with Crippen LogP contribution in [0.4, 0.5) is 0 Å². The van der Waals surface area contributed by atoms with E-state index in [4.69, 9.17) is 0 Å². The minimum atomic E-state index is 0. The second-order valence-electron chi connectivity index (χ2n) is 3.00. The van der Waals surface area contributed by atoms with E-state index in [-0.39, 0.29) is 18.9 Å². The van der Waals surface area contributed by atoms with Crippen LogP contribution in [-0.2, 0) is 0 Å². The molecule has 1 aromatic carbocycles. The third kappa shape index (κ3) is 1.51. The summed E-state index contributed by atoms with van der Waals surface area (Å²) >= 11 is 0. The Morgan fingerprint density at radius 2 is 2.00 bits per heavy atom. The molecule has 0 N–H and O–H groups in total. The summed E-state index contributed by atoms with van der Waals surface area (Å²) in [5.41, 5.74) is 2.90. The molecule has 0 fully saturated rings. The van der Waals surface area contributed by atoms with Gasteiger partial charge >= 0.3 is 18.9 Å². The topological polar surface area (TPSA) is 0 Å². The number of rotatable bonds is 1. The van der Waals surface area contributed by atoms with Crippen molar-refractivity contribution in [3.05, 3.63) is 41.5 Å². The first-order chi connectivity index (χ1) is 5.42. The molecule has 1 atom stereocenters. The van der Waals surface area contributed by atoms with Crippen LogP contribution in [0.1, 0.15) is 30.4 Å². The molecule has 1 aliphatic rings. The summed E-state index contributed by atoms with van der Waals surface area (Å²) in [6.07, 6.45) is 5.74. The van der Waals surface area contributed by atoms with Crippen molar-refractivity contribution in [3.63, 3.8) is 0 Å². The fourth-order valence-electron chi connectivity index (χ4n) is 1.68. The van der Waals surface area contributed by atoms with Crippen LogP contribution in [0.5, 0.6) is 0 Å². The molecule has 0 spiro atoms. The van der Waals surface area contributed by atoms with Crippen LogP contribution in [0.2, 0.25) is 0 Å². The number of benzene rings is 1. The van der Waals surface area contributed by atoms with E-state index in [0.717, 1.165) is 0 Å². The van der Waals surface area contributed by atoms with Gasteiger partial charge in [-0.05, 0) is 17.5 Å². The molecule has 12 heavy (non-hydrogen) atoms. The average Bonchev–Trinajstić information content (AvgIpc) is 2.47. The molecule has 0 bridgehead atoms. The monoisotopic (exact) mass is 152 g/mol. The molecule has 0 amide bonds. The maximum atomic E-state index is 2.30. The Bertz CT molecular complexity index is 289. The van der Waals surface area contributed by atoms with Gasteiger partial charge in [0.25, 0.3) is 0 Å². The predicted molar refractivity (Wildman–Crippen MR) is 55.7 cm³/mol. The van der Waals surface area contributed by atoms with Crippen molar-refractivity contribution in [1.82, 2.24) is 0 Å². The Hall–Kier alpha value is -0.443. The van der Waals surface area contributed by atoms with Gasteiger partial charge in [0.15, 0.2) is 0 Å². The zero-order chi connectivity index (χ0) is 7.68. The van der Waals surface area contributed by atoms with Gasteiger partial charge in [0, 0.05) is 5.92 Å². The summed E-state index contributed by atoms with van der Waals surface area (Å²) in [7, 11) is 0. The zero-order valence-corrected chi connectivity index (χ0v) is 6.75. The molecule has 0 radical (unpaired) electrons. The second-order valence-corrected chi connectivity index (χ2v) is 3.00. The Morgan fingerprint density at radius 1 is 1.25 bits per heavy atom. The predicted octanol–water partition coefficient (Wildman–Crippen LogP) is 2.56. The van der Waals surface area contributed by atoms with Gasteiger partial charge in [-0.1, -0.05) is 43.3 Å². The Balaban J connectivity index is 0.000000720. The Morgan fingerprint density at radius 3 is 2.75 bits per heavy atom. The van der Waals surface area contributed by atoms with Gasteiger partial charge in [-0.3, -0.25) is 0 Å². The summed E-state index contributed by atoms with van der Waals surface area (Å²) in [6, 6.07) is 8.63. The molecule has 1 unspecified atom stereocenters. The average molecular weight is 152 g/mol. The molecule has 58 valence electrons. The van der Waals surface area contributed by atoms with Crippen LogP contribution in [0.15, 0.2) is 30.3 Å². The van der Waals surface area contributed by atoms with Gasteiger partial charge in [-0.2, -0.15) is 0 Å². The minimum absolute atomic E-state index is 0. The van der Waals surface area contributed by atoms with E-state index in [2.05, 4.69) is 43.3 Å². The molecule has 0 heterocycles. The molecular formula is C11H13Li. The van der Waals surface area contributed by atoms with Crippen molar-refractivity contribution >= 4 is 24.9 Å². The van der Waals surface area contributed by atoms with E-state index in [1.165, 1.54) is 17.5 Å². The van der Waals surface area contributed by atoms with Gasteiger partial charge in [-0.25, -0.2) is 0 Å². The summed E-state index contributed by atoms with van der Waals surface area (Å²) in [6.45, 7) is 2.23. The molecule has 1 aromatic rings. The van der Waals surface area contributed by atoms with E-state index in [1.807, 2.05) is 0 Å². The number of hydrogen-bond acceptors (Lipinski definition) is 0. The van der Waals surface area contributed by atoms with Crippen molar-refractivity contribution in [3.8, 4) is 0 Å². The van der Waals surface area contributed by atoms with Crippen LogP contribution in [0.3, 0.4) is 0 Å².